The summed E-state index contributed by atoms with van der Waals surface area (Å²) in [6.07, 6.45) is 10.00. The molecule has 5 nitrogen and oxygen atoms in total. The van der Waals surface area contributed by atoms with Crippen LogP contribution in [0.4, 0.5) is 5.69 Å². The van der Waals surface area contributed by atoms with Gasteiger partial charge in [0.25, 0.3) is 11.8 Å². The van der Waals surface area contributed by atoms with Gasteiger partial charge >= 0.3 is 0 Å². The zero-order chi connectivity index (χ0) is 20.1. The fraction of sp³-hybridized carbons (Fsp3) is 0.333. The number of hydrogen-bond acceptors (Lipinski definition) is 3. The summed E-state index contributed by atoms with van der Waals surface area (Å²) >= 11 is 0. The number of anilines is 1. The normalized spacial score (nSPS) is 18.8. The molecule has 2 aliphatic rings. The lowest BCUT2D eigenvalue weighted by Gasteiger charge is -2.21. The molecule has 5 heteroatoms. The summed E-state index contributed by atoms with van der Waals surface area (Å²) in [4.78, 5) is 24.8. The molecule has 2 aromatic carbocycles. The Kier molecular flexibility index (Phi) is 5.94. The van der Waals surface area contributed by atoms with Crippen molar-refractivity contribution >= 4 is 23.6 Å². The van der Waals surface area contributed by atoms with Gasteiger partial charge in [0.15, 0.2) is 11.5 Å². The van der Waals surface area contributed by atoms with Gasteiger partial charge in [0.1, 0.15) is 0 Å². The summed E-state index contributed by atoms with van der Waals surface area (Å²) in [6.45, 7) is 0. The second-order valence-corrected chi connectivity index (χ2v) is 7.70. The van der Waals surface area contributed by atoms with Crippen molar-refractivity contribution in [2.75, 3.05) is 5.32 Å². The van der Waals surface area contributed by atoms with Gasteiger partial charge in [-0.2, -0.15) is 0 Å². The lowest BCUT2D eigenvalue weighted by molar-refractivity contribution is -0.115. The summed E-state index contributed by atoms with van der Waals surface area (Å²) in [5.74, 6) is 0.536. The molecule has 0 saturated heterocycles. The highest BCUT2D eigenvalue weighted by atomic mass is 16.5. The van der Waals surface area contributed by atoms with Crippen molar-refractivity contribution in [2.45, 2.75) is 51.0 Å². The summed E-state index contributed by atoms with van der Waals surface area (Å²) in [7, 11) is 0. The van der Waals surface area contributed by atoms with Gasteiger partial charge < -0.3 is 15.4 Å². The van der Waals surface area contributed by atoms with Crippen LogP contribution in [0.3, 0.4) is 0 Å². The Bertz CT molecular complexity index is 910. The molecule has 2 amide bonds. The highest BCUT2D eigenvalue weighted by molar-refractivity contribution is 6.08. The molecule has 0 spiro atoms. The first-order valence-corrected chi connectivity index (χ1v) is 10.4. The van der Waals surface area contributed by atoms with Crippen molar-refractivity contribution in [1.29, 1.82) is 0 Å². The van der Waals surface area contributed by atoms with Gasteiger partial charge in [0.2, 0.25) is 0 Å². The molecule has 1 aliphatic carbocycles. The van der Waals surface area contributed by atoms with E-state index in [4.69, 9.17) is 4.74 Å². The van der Waals surface area contributed by atoms with Gasteiger partial charge in [-0.25, -0.2) is 0 Å². The Morgan fingerprint density at radius 3 is 2.41 bits per heavy atom. The van der Waals surface area contributed by atoms with E-state index in [1.165, 1.54) is 32.1 Å². The minimum absolute atomic E-state index is 0.0321. The van der Waals surface area contributed by atoms with Crippen molar-refractivity contribution in [1.82, 2.24) is 5.32 Å². The highest BCUT2D eigenvalue weighted by Gasteiger charge is 2.21. The molecule has 1 aliphatic heterocycles. The molecule has 1 heterocycles. The number of carbonyl (C=O) groups excluding carboxylic acids is 2. The lowest BCUT2D eigenvalue weighted by atomic mass is 9.96. The van der Waals surface area contributed by atoms with Gasteiger partial charge in [-0.1, -0.05) is 56.4 Å². The lowest BCUT2D eigenvalue weighted by Crippen LogP contribution is -2.35. The Labute approximate surface area is 171 Å². The molecule has 4 rings (SSSR count). The first kappa shape index (κ1) is 19.2. The van der Waals surface area contributed by atoms with E-state index in [0.29, 0.717) is 17.0 Å². The number of carbonyl (C=O) groups is 2. The fourth-order valence-corrected chi connectivity index (χ4v) is 3.85. The van der Waals surface area contributed by atoms with E-state index in [0.717, 1.165) is 18.4 Å². The maximum absolute atomic E-state index is 12.6. The molecule has 1 fully saturated rings. The molecule has 0 unspecified atom stereocenters. The van der Waals surface area contributed by atoms with Gasteiger partial charge in [-0.05, 0) is 48.7 Å². The average molecular weight is 390 g/mol. The fourth-order valence-electron chi connectivity index (χ4n) is 3.85. The molecular formula is C24H26N2O3. The zero-order valence-electron chi connectivity index (χ0n) is 16.4. The largest absolute Gasteiger partial charge is 0.449 e. The first-order valence-electron chi connectivity index (χ1n) is 10.4. The third-order valence-corrected chi connectivity index (χ3v) is 5.49. The predicted octanol–water partition coefficient (Wildman–Crippen LogP) is 4.90. The van der Waals surface area contributed by atoms with Crippen molar-refractivity contribution in [2.24, 2.45) is 0 Å². The Morgan fingerprint density at radius 1 is 0.966 bits per heavy atom. The third-order valence-electron chi connectivity index (χ3n) is 5.49. The van der Waals surface area contributed by atoms with E-state index in [-0.39, 0.29) is 23.6 Å². The summed E-state index contributed by atoms with van der Waals surface area (Å²) in [5.41, 5.74) is 2.10. The van der Waals surface area contributed by atoms with Crippen molar-refractivity contribution in [3.8, 4) is 5.75 Å². The van der Waals surface area contributed by atoms with Crippen LogP contribution >= 0.6 is 0 Å². The number of fused-ring (bicyclic) bond motifs is 1. The van der Waals surface area contributed by atoms with Crippen LogP contribution in [0.25, 0.3) is 6.08 Å². The van der Waals surface area contributed by atoms with Crippen LogP contribution in [0.2, 0.25) is 0 Å². The monoisotopic (exact) mass is 390 g/mol. The van der Waals surface area contributed by atoms with Crippen molar-refractivity contribution < 1.29 is 14.3 Å². The maximum atomic E-state index is 12.6. The minimum Gasteiger partial charge on any atom is -0.449 e. The summed E-state index contributed by atoms with van der Waals surface area (Å²) < 4.78 is 5.72. The molecule has 0 bridgehead atoms. The third kappa shape index (κ3) is 4.86. The quantitative estimate of drug-likeness (QED) is 0.733. The van der Waals surface area contributed by atoms with Crippen molar-refractivity contribution in [3.63, 3.8) is 0 Å². The van der Waals surface area contributed by atoms with Gasteiger partial charge in [-0.15, -0.1) is 0 Å². The van der Waals surface area contributed by atoms with Crippen LogP contribution in [0, 0.1) is 0 Å². The zero-order valence-corrected chi connectivity index (χ0v) is 16.4. The van der Waals surface area contributed by atoms with Crippen LogP contribution < -0.4 is 15.4 Å². The molecule has 150 valence electrons. The molecule has 2 N–H and O–H groups in total. The van der Waals surface area contributed by atoms with Crippen LogP contribution in [0.5, 0.6) is 5.75 Å². The molecule has 29 heavy (non-hydrogen) atoms. The Balaban J connectivity index is 1.42. The second kappa shape index (κ2) is 8.95. The van der Waals surface area contributed by atoms with Crippen LogP contribution in [0.1, 0.15) is 60.9 Å². The van der Waals surface area contributed by atoms with E-state index < -0.39 is 0 Å². The van der Waals surface area contributed by atoms with Gasteiger partial charge in [0, 0.05) is 11.6 Å². The number of hydrogen-bond donors (Lipinski definition) is 2. The smallest absolute Gasteiger partial charge is 0.291 e. The van der Waals surface area contributed by atoms with Crippen LogP contribution in [0.15, 0.2) is 54.3 Å². The topological polar surface area (TPSA) is 67.4 Å². The molecule has 1 saturated carbocycles. The Hall–Kier alpha value is -3.08. The van der Waals surface area contributed by atoms with E-state index in [2.05, 4.69) is 10.6 Å². The Morgan fingerprint density at radius 2 is 1.66 bits per heavy atom. The van der Waals surface area contributed by atoms with E-state index >= 15 is 0 Å². The SMILES string of the molecule is O=C1Nc2ccccc2O/C1=C\c1ccc(C(=O)NC2CCCCCCC2)cc1. The average Bonchev–Trinajstić information content (AvgIpc) is 2.71. The van der Waals surface area contributed by atoms with Crippen LogP contribution in [-0.2, 0) is 4.79 Å². The summed E-state index contributed by atoms with van der Waals surface area (Å²) in [6, 6.07) is 14.8. The van der Waals surface area contributed by atoms with E-state index in [1.807, 2.05) is 30.3 Å². The molecular weight excluding hydrogens is 364 g/mol. The minimum atomic E-state index is -0.283. The molecule has 0 radical (unpaired) electrons. The number of amides is 2. The number of rotatable bonds is 3. The van der Waals surface area contributed by atoms with Gasteiger partial charge in [-0.3, -0.25) is 9.59 Å². The van der Waals surface area contributed by atoms with Gasteiger partial charge in [0.05, 0.1) is 5.69 Å². The maximum Gasteiger partial charge on any atom is 0.291 e. The first-order chi connectivity index (χ1) is 14.2. The number of nitrogens with one attached hydrogen (secondary N) is 2. The molecule has 0 aromatic heterocycles. The number of benzene rings is 2. The van der Waals surface area contributed by atoms with E-state index in [1.54, 1.807) is 24.3 Å². The molecule has 2 aromatic rings. The van der Waals surface area contributed by atoms with E-state index in [9.17, 15) is 9.59 Å². The molecule has 0 atom stereocenters. The number of para-hydroxylation sites is 2. The standard InChI is InChI=1S/C24H26N2O3/c27-23(25-19-8-4-2-1-3-5-9-19)18-14-12-17(13-15-18)16-22-24(28)26-20-10-6-7-11-21(20)29-22/h6-7,10-16,19H,1-5,8-9H2,(H,25,27)(H,26,28)/b22-16-. The highest BCUT2D eigenvalue weighted by Crippen LogP contribution is 2.30. The predicted molar refractivity (Wildman–Crippen MR) is 114 cm³/mol. The van der Waals surface area contributed by atoms with Crippen LogP contribution in [-0.4, -0.2) is 17.9 Å². The number of ether oxygens (including phenoxy) is 1. The second-order valence-electron chi connectivity index (χ2n) is 7.70. The van der Waals surface area contributed by atoms with Crippen molar-refractivity contribution in [3.05, 3.63) is 65.4 Å². The summed E-state index contributed by atoms with van der Waals surface area (Å²) in [5, 5.41) is 6.00.